The van der Waals surface area contributed by atoms with E-state index in [1.807, 2.05) is 0 Å². The van der Waals surface area contributed by atoms with Crippen LogP contribution >= 0.6 is 0 Å². The Kier molecular flexibility index (Phi) is 3.00. The van der Waals surface area contributed by atoms with Crippen LogP contribution in [0.2, 0.25) is 0 Å². The Balaban J connectivity index is 1.81. The first-order chi connectivity index (χ1) is 7.74. The third kappa shape index (κ3) is 2.69. The number of amides is 1. The summed E-state index contributed by atoms with van der Waals surface area (Å²) in [4.78, 5) is 15.4. The van der Waals surface area contributed by atoms with Crippen LogP contribution in [0.5, 0.6) is 0 Å². The van der Waals surface area contributed by atoms with Crippen molar-refractivity contribution in [1.29, 1.82) is 0 Å². The molecule has 2 heterocycles. The second-order valence-electron chi connectivity index (χ2n) is 3.35. The summed E-state index contributed by atoms with van der Waals surface area (Å²) >= 11 is 0. The van der Waals surface area contributed by atoms with Crippen molar-refractivity contribution in [2.75, 3.05) is 5.32 Å². The summed E-state index contributed by atoms with van der Waals surface area (Å²) in [7, 11) is 0. The van der Waals surface area contributed by atoms with E-state index in [4.69, 9.17) is 8.94 Å². The number of carbonyl (C=O) groups is 1. The molecule has 6 heteroatoms. The molecule has 0 radical (unpaired) electrons. The molecule has 0 spiro atoms. The summed E-state index contributed by atoms with van der Waals surface area (Å²) in [5, 5.41) is 6.28. The van der Waals surface area contributed by atoms with Crippen molar-refractivity contribution in [3.05, 3.63) is 30.2 Å². The smallest absolute Gasteiger partial charge is 0.226 e. The Morgan fingerprint density at radius 1 is 1.56 bits per heavy atom. The molecule has 0 aliphatic rings. The van der Waals surface area contributed by atoms with Gasteiger partial charge in [-0.1, -0.05) is 5.16 Å². The second-order valence-corrected chi connectivity index (χ2v) is 3.35. The first-order valence-electron chi connectivity index (χ1n) is 4.84. The van der Waals surface area contributed by atoms with E-state index in [9.17, 15) is 4.79 Å². The van der Waals surface area contributed by atoms with Gasteiger partial charge in [0.25, 0.3) is 0 Å². The molecule has 1 amide bonds. The van der Waals surface area contributed by atoms with Crippen molar-refractivity contribution >= 4 is 11.7 Å². The van der Waals surface area contributed by atoms with Gasteiger partial charge < -0.3 is 14.3 Å². The van der Waals surface area contributed by atoms with Crippen molar-refractivity contribution in [2.24, 2.45) is 0 Å². The molecule has 0 bridgehead atoms. The van der Waals surface area contributed by atoms with Gasteiger partial charge in [0.05, 0.1) is 5.69 Å². The lowest BCUT2D eigenvalue weighted by atomic mass is 10.2. The predicted octanol–water partition coefficient (Wildman–Crippen LogP) is 1.54. The van der Waals surface area contributed by atoms with E-state index < -0.39 is 0 Å². The molecule has 2 aromatic rings. The third-order valence-electron chi connectivity index (χ3n) is 1.99. The van der Waals surface area contributed by atoms with Crippen LogP contribution in [0.25, 0.3) is 0 Å². The highest BCUT2D eigenvalue weighted by molar-refractivity contribution is 5.89. The van der Waals surface area contributed by atoms with Crippen molar-refractivity contribution in [2.45, 2.75) is 19.8 Å². The lowest BCUT2D eigenvalue weighted by Gasteiger charge is -1.98. The lowest BCUT2D eigenvalue weighted by Crippen LogP contribution is -2.12. The highest BCUT2D eigenvalue weighted by atomic mass is 16.5. The second kappa shape index (κ2) is 4.61. The van der Waals surface area contributed by atoms with Crippen LogP contribution in [-0.2, 0) is 11.2 Å². The molecule has 84 valence electrons. The summed E-state index contributed by atoms with van der Waals surface area (Å²) in [5.74, 6) is 0.964. The summed E-state index contributed by atoms with van der Waals surface area (Å²) in [6, 6.07) is 1.66. The van der Waals surface area contributed by atoms with Crippen LogP contribution in [0.1, 0.15) is 17.9 Å². The number of hydrogen-bond donors (Lipinski definition) is 1. The quantitative estimate of drug-likeness (QED) is 0.846. The fraction of sp³-hybridized carbons (Fsp3) is 0.300. The standard InChI is InChI=1S/C10H11N3O3/c1-7-4-9(13-16-7)12-10(14)3-2-8-5-15-6-11-8/h4-6H,2-3H2,1H3,(H,12,13,14). The van der Waals surface area contributed by atoms with Gasteiger partial charge in [-0.05, 0) is 6.92 Å². The van der Waals surface area contributed by atoms with E-state index in [1.54, 1.807) is 13.0 Å². The molecule has 0 saturated heterocycles. The van der Waals surface area contributed by atoms with Crippen LogP contribution in [0.15, 0.2) is 27.7 Å². The van der Waals surface area contributed by atoms with Crippen molar-refractivity contribution < 1.29 is 13.7 Å². The summed E-state index contributed by atoms with van der Waals surface area (Å²) in [6.45, 7) is 1.76. The van der Waals surface area contributed by atoms with E-state index in [-0.39, 0.29) is 5.91 Å². The van der Waals surface area contributed by atoms with Gasteiger partial charge in [0.15, 0.2) is 12.2 Å². The molecule has 1 N–H and O–H groups in total. The molecule has 2 aromatic heterocycles. The van der Waals surface area contributed by atoms with Gasteiger partial charge in [0.2, 0.25) is 5.91 Å². The van der Waals surface area contributed by atoms with E-state index in [0.29, 0.717) is 24.4 Å². The van der Waals surface area contributed by atoms with Gasteiger partial charge in [0.1, 0.15) is 12.0 Å². The Hall–Kier alpha value is -2.11. The predicted molar refractivity (Wildman–Crippen MR) is 54.7 cm³/mol. The minimum atomic E-state index is -0.128. The first-order valence-corrected chi connectivity index (χ1v) is 4.84. The maximum atomic E-state index is 11.5. The maximum absolute atomic E-state index is 11.5. The van der Waals surface area contributed by atoms with E-state index in [1.165, 1.54) is 12.7 Å². The topological polar surface area (TPSA) is 81.2 Å². The van der Waals surface area contributed by atoms with Gasteiger partial charge >= 0.3 is 0 Å². The van der Waals surface area contributed by atoms with Crippen molar-refractivity contribution in [1.82, 2.24) is 10.1 Å². The molecule has 6 nitrogen and oxygen atoms in total. The first kappa shape index (κ1) is 10.4. The van der Waals surface area contributed by atoms with Gasteiger partial charge in [-0.2, -0.15) is 0 Å². The highest BCUT2D eigenvalue weighted by Gasteiger charge is 2.07. The minimum Gasteiger partial charge on any atom is -0.451 e. The minimum absolute atomic E-state index is 0.128. The number of carbonyl (C=O) groups excluding carboxylic acids is 1. The SMILES string of the molecule is Cc1cc(NC(=O)CCc2cocn2)no1. The molecule has 0 atom stereocenters. The normalized spacial score (nSPS) is 10.3. The van der Waals surface area contributed by atoms with Gasteiger partial charge in [0, 0.05) is 18.9 Å². The van der Waals surface area contributed by atoms with Gasteiger partial charge in [-0.25, -0.2) is 4.98 Å². The number of aryl methyl sites for hydroxylation is 2. The van der Waals surface area contributed by atoms with E-state index in [2.05, 4.69) is 15.5 Å². The average Bonchev–Trinajstić information content (AvgIpc) is 2.87. The third-order valence-corrected chi connectivity index (χ3v) is 1.99. The molecule has 16 heavy (non-hydrogen) atoms. The van der Waals surface area contributed by atoms with E-state index >= 15 is 0 Å². The zero-order valence-electron chi connectivity index (χ0n) is 8.77. The molecule has 0 fully saturated rings. The molecule has 0 aromatic carbocycles. The van der Waals surface area contributed by atoms with Crippen LogP contribution in [0, 0.1) is 6.92 Å². The van der Waals surface area contributed by atoms with Crippen LogP contribution in [0.4, 0.5) is 5.82 Å². The molecular weight excluding hydrogens is 210 g/mol. The summed E-state index contributed by atoms with van der Waals surface area (Å²) in [6.07, 6.45) is 3.74. The highest BCUT2D eigenvalue weighted by Crippen LogP contribution is 2.08. The maximum Gasteiger partial charge on any atom is 0.226 e. The Morgan fingerprint density at radius 2 is 2.44 bits per heavy atom. The van der Waals surface area contributed by atoms with Crippen LogP contribution < -0.4 is 5.32 Å². The fourth-order valence-electron chi connectivity index (χ4n) is 1.23. The van der Waals surface area contributed by atoms with Crippen molar-refractivity contribution in [3.8, 4) is 0 Å². The number of nitrogens with one attached hydrogen (secondary N) is 1. The summed E-state index contributed by atoms with van der Waals surface area (Å²) < 4.78 is 9.62. The molecular formula is C10H11N3O3. The number of oxazole rings is 1. The Bertz CT molecular complexity index is 461. The fourth-order valence-corrected chi connectivity index (χ4v) is 1.23. The number of anilines is 1. The number of nitrogens with zero attached hydrogens (tertiary/aromatic N) is 2. The van der Waals surface area contributed by atoms with Gasteiger partial charge in [-0.3, -0.25) is 4.79 Å². The van der Waals surface area contributed by atoms with Crippen molar-refractivity contribution in [3.63, 3.8) is 0 Å². The summed E-state index contributed by atoms with van der Waals surface area (Å²) in [5.41, 5.74) is 0.756. The van der Waals surface area contributed by atoms with Crippen LogP contribution in [-0.4, -0.2) is 16.0 Å². The molecule has 0 aliphatic carbocycles. The molecule has 0 aliphatic heterocycles. The Morgan fingerprint density at radius 3 is 3.06 bits per heavy atom. The molecule has 0 unspecified atom stereocenters. The lowest BCUT2D eigenvalue weighted by molar-refractivity contribution is -0.116. The number of rotatable bonds is 4. The average molecular weight is 221 g/mol. The largest absolute Gasteiger partial charge is 0.451 e. The van der Waals surface area contributed by atoms with E-state index in [0.717, 1.165) is 5.69 Å². The van der Waals surface area contributed by atoms with Crippen LogP contribution in [0.3, 0.4) is 0 Å². The Labute approximate surface area is 91.6 Å². The number of aromatic nitrogens is 2. The zero-order chi connectivity index (χ0) is 11.4. The monoisotopic (exact) mass is 221 g/mol. The number of hydrogen-bond acceptors (Lipinski definition) is 5. The van der Waals surface area contributed by atoms with Gasteiger partial charge in [-0.15, -0.1) is 0 Å². The zero-order valence-corrected chi connectivity index (χ0v) is 8.77. The molecule has 2 rings (SSSR count). The molecule has 0 saturated carbocycles.